The molecule has 1 fully saturated rings. The first-order valence-corrected chi connectivity index (χ1v) is 12.4. The average Bonchev–Trinajstić information content (AvgIpc) is 2.99. The van der Waals surface area contributed by atoms with Gasteiger partial charge in [-0.05, 0) is 13.8 Å². The van der Waals surface area contributed by atoms with Gasteiger partial charge in [-0.15, -0.1) is 11.3 Å². The summed E-state index contributed by atoms with van der Waals surface area (Å²) in [4.78, 5) is 12.1. The van der Waals surface area contributed by atoms with Gasteiger partial charge in [-0.2, -0.15) is 4.31 Å². The van der Waals surface area contributed by atoms with Crippen LogP contribution in [0.1, 0.15) is 25.6 Å². The number of amides is 1. The Kier molecular flexibility index (Phi) is 5.70. The van der Waals surface area contributed by atoms with Crippen molar-refractivity contribution in [1.29, 1.82) is 0 Å². The van der Waals surface area contributed by atoms with E-state index in [1.807, 2.05) is 4.72 Å². The molecule has 0 radical (unpaired) electrons. The molecular formula is C15H21N3O8S3. The molecule has 0 saturated carbocycles. The molecule has 0 spiro atoms. The molecule has 3 N–H and O–H groups in total. The summed E-state index contributed by atoms with van der Waals surface area (Å²) in [6.07, 6.45) is -1.92. The van der Waals surface area contributed by atoms with Gasteiger partial charge in [0.25, 0.3) is 26.0 Å². The lowest BCUT2D eigenvalue weighted by Crippen LogP contribution is -2.42. The number of sulfonamides is 2. The van der Waals surface area contributed by atoms with Gasteiger partial charge in [0.05, 0.1) is 5.69 Å². The monoisotopic (exact) mass is 467 g/mol. The molecule has 1 amide bonds. The predicted molar refractivity (Wildman–Crippen MR) is 104 cm³/mol. The van der Waals surface area contributed by atoms with E-state index in [2.05, 4.69) is 5.32 Å². The Balaban J connectivity index is 2.05. The topological polar surface area (TPSA) is 151 Å². The summed E-state index contributed by atoms with van der Waals surface area (Å²) in [6.45, 7) is 6.85. The Morgan fingerprint density at radius 3 is 2.38 bits per heavy atom. The van der Waals surface area contributed by atoms with E-state index in [0.29, 0.717) is 4.88 Å². The van der Waals surface area contributed by atoms with Gasteiger partial charge in [-0.1, -0.05) is 13.8 Å². The molecule has 162 valence electrons. The van der Waals surface area contributed by atoms with Gasteiger partial charge in [0, 0.05) is 18.0 Å². The number of carbonyl (C=O) groups is 1. The Bertz CT molecular complexity index is 1080. The fraction of sp³-hybridized carbons (Fsp3) is 0.533. The summed E-state index contributed by atoms with van der Waals surface area (Å²) in [5, 5.41) is 13.1. The third-order valence-corrected chi connectivity index (χ3v) is 9.45. The maximum atomic E-state index is 12.8. The minimum absolute atomic E-state index is 0.0761. The number of carbonyl (C=O) groups excluding carboxylic acids is 1. The fourth-order valence-corrected chi connectivity index (χ4v) is 7.29. The Morgan fingerprint density at radius 1 is 1.28 bits per heavy atom. The molecule has 0 aliphatic carbocycles. The van der Waals surface area contributed by atoms with Crippen LogP contribution in [0, 0.1) is 6.92 Å². The Labute approximate surface area is 172 Å². The second-order valence-electron chi connectivity index (χ2n) is 6.23. The van der Waals surface area contributed by atoms with Crippen molar-refractivity contribution in [2.75, 3.05) is 18.4 Å². The van der Waals surface area contributed by atoms with E-state index in [-0.39, 0.29) is 23.0 Å². The molecule has 1 aromatic heterocycles. The molecule has 2 aliphatic rings. The van der Waals surface area contributed by atoms with E-state index < -0.39 is 54.9 Å². The number of anilines is 1. The highest BCUT2D eigenvalue weighted by atomic mass is 32.2. The maximum absolute atomic E-state index is 12.8. The quantitative estimate of drug-likeness (QED) is 0.523. The number of nitrogens with zero attached hydrogens (tertiary/aromatic N) is 1. The van der Waals surface area contributed by atoms with Crippen molar-refractivity contribution in [3.05, 3.63) is 15.5 Å². The Hall–Kier alpha value is -1.71. The summed E-state index contributed by atoms with van der Waals surface area (Å²) in [5.74, 6) is -1.56. The zero-order valence-corrected chi connectivity index (χ0v) is 18.5. The van der Waals surface area contributed by atoms with E-state index in [1.54, 1.807) is 20.8 Å². The standard InChI is InChI=1S/C15H21N3O8S3/c1-5-18(6-2)29(23,24)15-11(19)9(7(3)27-15)16-10-12(14-25-8(4)26-14)28(21,22)17-13(10)20/h8,14,16,19H,5-6H2,1-4H3,(H,17,20). The number of hydrogen-bond donors (Lipinski definition) is 3. The number of aryl methyl sites for hydroxylation is 1. The second-order valence-corrected chi connectivity index (χ2v) is 11.2. The van der Waals surface area contributed by atoms with Gasteiger partial charge in [-0.25, -0.2) is 21.6 Å². The summed E-state index contributed by atoms with van der Waals surface area (Å²) in [5.41, 5.74) is -0.474. The molecule has 1 aromatic rings. The molecule has 1 saturated heterocycles. The third-order valence-electron chi connectivity index (χ3n) is 4.39. The van der Waals surface area contributed by atoms with Crippen LogP contribution in [0.5, 0.6) is 5.75 Å². The average molecular weight is 468 g/mol. The van der Waals surface area contributed by atoms with Gasteiger partial charge >= 0.3 is 0 Å². The van der Waals surface area contributed by atoms with Crippen molar-refractivity contribution >= 4 is 43.0 Å². The van der Waals surface area contributed by atoms with Crippen molar-refractivity contribution in [1.82, 2.24) is 9.03 Å². The minimum atomic E-state index is -4.19. The van der Waals surface area contributed by atoms with Crippen molar-refractivity contribution in [2.24, 2.45) is 0 Å². The van der Waals surface area contributed by atoms with Crippen molar-refractivity contribution in [3.63, 3.8) is 0 Å². The molecule has 11 nitrogen and oxygen atoms in total. The largest absolute Gasteiger partial charge is 0.504 e. The first-order chi connectivity index (χ1) is 13.4. The number of nitrogens with one attached hydrogen (secondary N) is 2. The molecule has 29 heavy (non-hydrogen) atoms. The smallest absolute Gasteiger partial charge is 0.282 e. The van der Waals surface area contributed by atoms with E-state index in [1.165, 1.54) is 11.2 Å². The van der Waals surface area contributed by atoms with Crippen molar-refractivity contribution in [3.8, 4) is 5.75 Å². The molecular weight excluding hydrogens is 446 g/mol. The molecule has 3 heterocycles. The van der Waals surface area contributed by atoms with Crippen molar-refractivity contribution < 1.29 is 36.2 Å². The number of rotatable bonds is 7. The highest BCUT2D eigenvalue weighted by Gasteiger charge is 2.47. The third kappa shape index (κ3) is 3.64. The lowest BCUT2D eigenvalue weighted by atomic mass is 10.3. The second kappa shape index (κ2) is 7.52. The zero-order valence-electron chi connectivity index (χ0n) is 16.0. The number of aromatic hydroxyl groups is 1. The van der Waals surface area contributed by atoms with Crippen LogP contribution in [-0.2, 0) is 34.3 Å². The van der Waals surface area contributed by atoms with Crippen LogP contribution in [0.15, 0.2) is 14.8 Å². The van der Waals surface area contributed by atoms with Crippen LogP contribution >= 0.6 is 11.3 Å². The highest BCUT2D eigenvalue weighted by molar-refractivity contribution is 7.94. The Morgan fingerprint density at radius 2 is 1.86 bits per heavy atom. The van der Waals surface area contributed by atoms with E-state index >= 15 is 0 Å². The van der Waals surface area contributed by atoms with Crippen LogP contribution in [0.25, 0.3) is 0 Å². The zero-order chi connectivity index (χ0) is 21.7. The minimum Gasteiger partial charge on any atom is -0.504 e. The molecule has 0 atom stereocenters. The lowest BCUT2D eigenvalue weighted by Gasteiger charge is -2.33. The number of ether oxygens (including phenoxy) is 2. The fourth-order valence-electron chi connectivity index (χ4n) is 2.95. The maximum Gasteiger partial charge on any atom is 0.282 e. The van der Waals surface area contributed by atoms with Gasteiger partial charge < -0.3 is 19.9 Å². The van der Waals surface area contributed by atoms with E-state index in [4.69, 9.17) is 9.47 Å². The number of thiophene rings is 1. The van der Waals surface area contributed by atoms with Crippen LogP contribution in [0.2, 0.25) is 0 Å². The highest BCUT2D eigenvalue weighted by Crippen LogP contribution is 2.44. The van der Waals surface area contributed by atoms with Gasteiger partial charge in [-0.3, -0.25) is 4.79 Å². The molecule has 14 heteroatoms. The molecule has 0 aromatic carbocycles. The molecule has 3 rings (SSSR count). The first kappa shape index (κ1) is 22.0. The van der Waals surface area contributed by atoms with Gasteiger partial charge in [0.1, 0.15) is 10.6 Å². The SMILES string of the molecule is CCN(CC)S(=O)(=O)c1sc(C)c(NC2=C(C3OC(C)O3)S(=O)(=O)NC2=O)c1O. The van der Waals surface area contributed by atoms with Crippen LogP contribution < -0.4 is 10.0 Å². The normalized spacial score (nSPS) is 24.0. The first-order valence-electron chi connectivity index (χ1n) is 8.65. The molecule has 0 unspecified atom stereocenters. The molecule has 0 bridgehead atoms. The van der Waals surface area contributed by atoms with Crippen molar-refractivity contribution in [2.45, 2.75) is 44.5 Å². The predicted octanol–water partition coefficient (Wildman–Crippen LogP) is 0.595. The number of hydrogen-bond acceptors (Lipinski definition) is 10. The van der Waals surface area contributed by atoms with Crippen LogP contribution in [0.4, 0.5) is 5.69 Å². The van der Waals surface area contributed by atoms with Crippen LogP contribution in [-0.4, -0.2) is 57.8 Å². The summed E-state index contributed by atoms with van der Waals surface area (Å²) in [6, 6.07) is 0. The lowest BCUT2D eigenvalue weighted by molar-refractivity contribution is -0.356. The van der Waals surface area contributed by atoms with E-state index in [9.17, 15) is 26.7 Å². The summed E-state index contributed by atoms with van der Waals surface area (Å²) in [7, 11) is -8.15. The summed E-state index contributed by atoms with van der Waals surface area (Å²) < 4.78 is 63.2. The van der Waals surface area contributed by atoms with Gasteiger partial charge in [0.2, 0.25) is 6.29 Å². The molecule has 2 aliphatic heterocycles. The van der Waals surface area contributed by atoms with Crippen LogP contribution in [0.3, 0.4) is 0 Å². The van der Waals surface area contributed by atoms with Gasteiger partial charge in [0.15, 0.2) is 16.2 Å². The summed E-state index contributed by atoms with van der Waals surface area (Å²) >= 11 is 0.813. The van der Waals surface area contributed by atoms with E-state index in [0.717, 1.165) is 11.3 Å².